The molecule has 0 saturated heterocycles. The molecule has 0 rings (SSSR count). The minimum Gasteiger partial charge on any atom is -0.478 e. The average Bonchev–Trinajstić information content (AvgIpc) is 2.01. The van der Waals surface area contributed by atoms with Gasteiger partial charge in [0.1, 0.15) is 0 Å². The van der Waals surface area contributed by atoms with Crippen LogP contribution in [0.25, 0.3) is 0 Å². The van der Waals surface area contributed by atoms with E-state index in [0.717, 1.165) is 12.8 Å². The fourth-order valence-electron chi connectivity index (χ4n) is 0.837. The third-order valence-corrected chi connectivity index (χ3v) is 1.77. The molecule has 0 aliphatic rings. The average molecular weight is 174 g/mol. The van der Waals surface area contributed by atoms with Crippen LogP contribution in [-0.2, 0) is 14.3 Å². The molecule has 0 bridgehead atoms. The van der Waals surface area contributed by atoms with E-state index in [-0.39, 0.29) is 6.47 Å². The lowest BCUT2D eigenvalue weighted by atomic mass is 9.99. The van der Waals surface area contributed by atoms with Gasteiger partial charge in [0.2, 0.25) is 5.60 Å². The quantitative estimate of drug-likeness (QED) is 0.614. The Labute approximate surface area is 71.5 Å². The van der Waals surface area contributed by atoms with Gasteiger partial charge >= 0.3 is 5.97 Å². The molecule has 0 aromatic rings. The van der Waals surface area contributed by atoms with E-state index in [1.807, 2.05) is 6.92 Å². The first-order chi connectivity index (χ1) is 5.56. The molecule has 0 radical (unpaired) electrons. The molecule has 1 atom stereocenters. The Morgan fingerprint density at radius 2 is 2.25 bits per heavy atom. The number of hydrogen-bond acceptors (Lipinski definition) is 3. The van der Waals surface area contributed by atoms with Crippen molar-refractivity contribution in [3.8, 4) is 0 Å². The number of carbonyl (C=O) groups excluding carboxylic acids is 1. The lowest BCUT2D eigenvalue weighted by Gasteiger charge is -2.21. The Hall–Kier alpha value is -1.06. The van der Waals surface area contributed by atoms with Gasteiger partial charge in [-0.2, -0.15) is 0 Å². The summed E-state index contributed by atoms with van der Waals surface area (Å²) in [4.78, 5) is 20.6. The summed E-state index contributed by atoms with van der Waals surface area (Å²) in [5.74, 6) is -1.09. The van der Waals surface area contributed by atoms with Gasteiger partial charge in [0.15, 0.2) is 0 Å². The van der Waals surface area contributed by atoms with E-state index in [1.54, 1.807) is 0 Å². The second-order valence-electron chi connectivity index (χ2n) is 2.85. The molecule has 0 heterocycles. The highest BCUT2D eigenvalue weighted by molar-refractivity contribution is 5.78. The number of carbonyl (C=O) groups is 2. The molecule has 1 N–H and O–H groups in total. The number of rotatable bonds is 6. The number of aliphatic carboxylic acids is 1. The lowest BCUT2D eigenvalue weighted by molar-refractivity contribution is -0.169. The smallest absolute Gasteiger partial charge is 0.347 e. The first kappa shape index (κ1) is 10.9. The molecule has 0 fully saturated rings. The molecule has 0 saturated carbocycles. The fraction of sp³-hybridized carbons (Fsp3) is 0.750. The predicted octanol–water partition coefficient (Wildman–Crippen LogP) is 1.19. The van der Waals surface area contributed by atoms with Gasteiger partial charge in [-0.3, -0.25) is 4.79 Å². The molecule has 0 aromatic carbocycles. The SMILES string of the molecule is CCCCC(C)(OC=O)C(=O)O. The first-order valence-corrected chi connectivity index (χ1v) is 3.91. The zero-order valence-electron chi connectivity index (χ0n) is 7.37. The molecular weight excluding hydrogens is 160 g/mol. The fourth-order valence-corrected chi connectivity index (χ4v) is 0.837. The number of hydrogen-bond donors (Lipinski definition) is 1. The van der Waals surface area contributed by atoms with E-state index in [1.165, 1.54) is 6.92 Å². The molecule has 0 spiro atoms. The van der Waals surface area contributed by atoms with Crippen molar-refractivity contribution >= 4 is 12.4 Å². The van der Waals surface area contributed by atoms with Crippen LogP contribution in [0, 0.1) is 0 Å². The minimum atomic E-state index is -1.35. The van der Waals surface area contributed by atoms with Crippen molar-refractivity contribution in [2.24, 2.45) is 0 Å². The molecule has 4 nitrogen and oxygen atoms in total. The van der Waals surface area contributed by atoms with Crippen LogP contribution in [0.4, 0.5) is 0 Å². The van der Waals surface area contributed by atoms with E-state index in [4.69, 9.17) is 5.11 Å². The van der Waals surface area contributed by atoms with Gasteiger partial charge in [-0.05, 0) is 19.8 Å². The van der Waals surface area contributed by atoms with Crippen LogP contribution >= 0.6 is 0 Å². The monoisotopic (exact) mass is 174 g/mol. The highest BCUT2D eigenvalue weighted by Gasteiger charge is 2.34. The van der Waals surface area contributed by atoms with Crippen molar-refractivity contribution < 1.29 is 19.4 Å². The van der Waals surface area contributed by atoms with E-state index in [0.29, 0.717) is 6.42 Å². The van der Waals surface area contributed by atoms with Crippen LogP contribution in [0.1, 0.15) is 33.1 Å². The zero-order valence-corrected chi connectivity index (χ0v) is 7.37. The Balaban J connectivity index is 4.17. The van der Waals surface area contributed by atoms with Crippen LogP contribution in [0.15, 0.2) is 0 Å². The van der Waals surface area contributed by atoms with Crippen molar-refractivity contribution in [2.45, 2.75) is 38.7 Å². The maximum atomic E-state index is 10.6. The summed E-state index contributed by atoms with van der Waals surface area (Å²) in [7, 11) is 0. The van der Waals surface area contributed by atoms with Crippen LogP contribution < -0.4 is 0 Å². The van der Waals surface area contributed by atoms with Crippen LogP contribution in [0.5, 0.6) is 0 Å². The number of carboxylic acid groups (broad SMARTS) is 1. The maximum absolute atomic E-state index is 10.6. The van der Waals surface area contributed by atoms with E-state index in [2.05, 4.69) is 4.74 Å². The summed E-state index contributed by atoms with van der Waals surface area (Å²) in [6.07, 6.45) is 1.97. The van der Waals surface area contributed by atoms with Gasteiger partial charge in [0.25, 0.3) is 6.47 Å². The third-order valence-electron chi connectivity index (χ3n) is 1.77. The van der Waals surface area contributed by atoms with Crippen molar-refractivity contribution in [3.63, 3.8) is 0 Å². The van der Waals surface area contributed by atoms with Gasteiger partial charge in [0, 0.05) is 0 Å². The van der Waals surface area contributed by atoms with Gasteiger partial charge in [-0.1, -0.05) is 13.3 Å². The second kappa shape index (κ2) is 4.74. The highest BCUT2D eigenvalue weighted by atomic mass is 16.6. The van der Waals surface area contributed by atoms with E-state index >= 15 is 0 Å². The van der Waals surface area contributed by atoms with Gasteiger partial charge < -0.3 is 9.84 Å². The molecule has 70 valence electrons. The molecule has 4 heteroatoms. The molecular formula is C8H14O4. The summed E-state index contributed by atoms with van der Waals surface area (Å²) in [6, 6.07) is 0. The van der Waals surface area contributed by atoms with Crippen LogP contribution in [0.3, 0.4) is 0 Å². The molecule has 12 heavy (non-hydrogen) atoms. The highest BCUT2D eigenvalue weighted by Crippen LogP contribution is 2.17. The Kier molecular flexibility index (Phi) is 4.33. The summed E-state index contributed by atoms with van der Waals surface area (Å²) in [6.45, 7) is 3.53. The molecule has 1 unspecified atom stereocenters. The number of unbranched alkanes of at least 4 members (excludes halogenated alkanes) is 1. The number of carboxylic acids is 1. The molecule has 0 amide bonds. The minimum absolute atomic E-state index is 0.184. The molecule has 0 aromatic heterocycles. The van der Waals surface area contributed by atoms with E-state index in [9.17, 15) is 9.59 Å². The lowest BCUT2D eigenvalue weighted by Crippen LogP contribution is -2.37. The van der Waals surface area contributed by atoms with Crippen molar-refractivity contribution in [1.82, 2.24) is 0 Å². The number of ether oxygens (including phenoxy) is 1. The molecule has 0 aliphatic carbocycles. The largest absolute Gasteiger partial charge is 0.478 e. The summed E-state index contributed by atoms with van der Waals surface area (Å²) in [5, 5.41) is 8.71. The standard InChI is InChI=1S/C8H14O4/c1-3-4-5-8(2,7(10)11)12-6-9/h6H,3-5H2,1-2H3,(H,10,11). The van der Waals surface area contributed by atoms with Crippen LogP contribution in [0.2, 0.25) is 0 Å². The van der Waals surface area contributed by atoms with Gasteiger partial charge in [0.05, 0.1) is 0 Å². The summed E-state index contributed by atoms with van der Waals surface area (Å²) in [5.41, 5.74) is -1.35. The first-order valence-electron chi connectivity index (χ1n) is 3.91. The zero-order chi connectivity index (χ0) is 9.61. The van der Waals surface area contributed by atoms with Crippen molar-refractivity contribution in [3.05, 3.63) is 0 Å². The summed E-state index contributed by atoms with van der Waals surface area (Å²) >= 11 is 0. The Bertz CT molecular complexity index is 166. The Morgan fingerprint density at radius 3 is 2.58 bits per heavy atom. The predicted molar refractivity (Wildman–Crippen MR) is 42.7 cm³/mol. The Morgan fingerprint density at radius 1 is 1.67 bits per heavy atom. The second-order valence-corrected chi connectivity index (χ2v) is 2.85. The summed E-state index contributed by atoms with van der Waals surface area (Å²) < 4.78 is 4.51. The normalized spacial score (nSPS) is 14.8. The van der Waals surface area contributed by atoms with Gasteiger partial charge in [-0.25, -0.2) is 4.79 Å². The molecule has 0 aliphatic heterocycles. The topological polar surface area (TPSA) is 63.6 Å². The van der Waals surface area contributed by atoms with E-state index < -0.39 is 11.6 Å². The maximum Gasteiger partial charge on any atom is 0.347 e. The third kappa shape index (κ3) is 2.90. The van der Waals surface area contributed by atoms with Gasteiger partial charge in [-0.15, -0.1) is 0 Å². The van der Waals surface area contributed by atoms with Crippen LogP contribution in [-0.4, -0.2) is 23.1 Å². The van der Waals surface area contributed by atoms with Crippen molar-refractivity contribution in [1.29, 1.82) is 0 Å². The van der Waals surface area contributed by atoms with Crippen molar-refractivity contribution in [2.75, 3.05) is 0 Å².